The minimum atomic E-state index is 0.319. The summed E-state index contributed by atoms with van der Waals surface area (Å²) in [7, 11) is 0. The van der Waals surface area contributed by atoms with Gasteiger partial charge in [0.15, 0.2) is 0 Å². The van der Waals surface area contributed by atoms with Crippen LogP contribution in [0.5, 0.6) is 0 Å². The van der Waals surface area contributed by atoms with Crippen LogP contribution >= 0.6 is 11.8 Å². The zero-order valence-corrected chi connectivity index (χ0v) is 15.6. The highest BCUT2D eigenvalue weighted by Crippen LogP contribution is 2.25. The van der Waals surface area contributed by atoms with Crippen LogP contribution in [0.2, 0.25) is 0 Å². The summed E-state index contributed by atoms with van der Waals surface area (Å²) in [5.41, 5.74) is 0. The Kier molecular flexibility index (Phi) is 18.6. The maximum absolute atomic E-state index is 7.88. The van der Waals surface area contributed by atoms with E-state index < -0.39 is 0 Å². The van der Waals surface area contributed by atoms with E-state index in [9.17, 15) is 0 Å². The number of aliphatic hydroxyl groups excluding tert-OH is 1. The quantitative estimate of drug-likeness (QED) is 0.634. The molecule has 1 nitrogen and oxygen atoms in total. The highest BCUT2D eigenvalue weighted by atomic mass is 32.2. The second-order valence-corrected chi connectivity index (χ2v) is 7.74. The Morgan fingerprint density at radius 1 is 0.762 bits per heavy atom. The first-order chi connectivity index (χ1) is 10.3. The third-order valence-corrected chi connectivity index (χ3v) is 5.58. The molecule has 2 heteroatoms. The first-order valence-electron chi connectivity index (χ1n) is 9.57. The lowest BCUT2D eigenvalue weighted by Crippen LogP contribution is -2.04. The van der Waals surface area contributed by atoms with Gasteiger partial charge in [-0.2, -0.15) is 11.8 Å². The first-order valence-corrected chi connectivity index (χ1v) is 10.6. The lowest BCUT2D eigenvalue weighted by Gasteiger charge is -2.16. The van der Waals surface area contributed by atoms with E-state index in [0.29, 0.717) is 6.61 Å². The van der Waals surface area contributed by atoms with Gasteiger partial charge in [-0.25, -0.2) is 0 Å². The molecule has 1 unspecified atom stereocenters. The molecule has 1 aliphatic rings. The standard InChI is InChI=1S/C16H32S.C3H8O/c1-2-13-16-14-11-9-7-5-3-4-6-8-10-12-15-17-16;1-2-3-4/h16H,2-15H2,1H3;4H,2-3H2,1H3. The van der Waals surface area contributed by atoms with Crippen molar-refractivity contribution in [3.05, 3.63) is 0 Å². The Morgan fingerprint density at radius 2 is 1.24 bits per heavy atom. The van der Waals surface area contributed by atoms with Gasteiger partial charge in [0.1, 0.15) is 0 Å². The fourth-order valence-corrected chi connectivity index (χ4v) is 4.21. The normalized spacial score (nSPS) is 22.7. The van der Waals surface area contributed by atoms with Gasteiger partial charge >= 0.3 is 0 Å². The van der Waals surface area contributed by atoms with Crippen LogP contribution in [0.15, 0.2) is 0 Å². The molecule has 0 spiro atoms. The second kappa shape index (κ2) is 18.4. The lowest BCUT2D eigenvalue weighted by molar-refractivity contribution is 0.295. The van der Waals surface area contributed by atoms with Crippen LogP contribution in [0.4, 0.5) is 0 Å². The topological polar surface area (TPSA) is 20.2 Å². The van der Waals surface area contributed by atoms with Crippen molar-refractivity contribution in [1.82, 2.24) is 0 Å². The molecule has 0 saturated carbocycles. The molecule has 0 bridgehead atoms. The van der Waals surface area contributed by atoms with Crippen molar-refractivity contribution in [2.75, 3.05) is 12.4 Å². The van der Waals surface area contributed by atoms with Gasteiger partial charge in [-0.15, -0.1) is 0 Å². The highest BCUT2D eigenvalue weighted by molar-refractivity contribution is 7.99. The fourth-order valence-electron chi connectivity index (χ4n) is 2.77. The number of hydrogen-bond acceptors (Lipinski definition) is 2. The largest absolute Gasteiger partial charge is 0.396 e. The molecule has 1 heterocycles. The molecule has 1 rings (SSSR count). The average molecular weight is 317 g/mol. The van der Waals surface area contributed by atoms with Crippen LogP contribution in [0.3, 0.4) is 0 Å². The third kappa shape index (κ3) is 16.5. The highest BCUT2D eigenvalue weighted by Gasteiger charge is 2.08. The first kappa shape index (κ1) is 21.3. The van der Waals surface area contributed by atoms with Crippen LogP contribution in [0.1, 0.15) is 104 Å². The van der Waals surface area contributed by atoms with Gasteiger partial charge in [0.2, 0.25) is 0 Å². The van der Waals surface area contributed by atoms with Crippen molar-refractivity contribution in [3.8, 4) is 0 Å². The van der Waals surface area contributed by atoms with Crippen LogP contribution in [0, 0.1) is 0 Å². The van der Waals surface area contributed by atoms with E-state index in [-0.39, 0.29) is 0 Å². The molecular weight excluding hydrogens is 276 g/mol. The van der Waals surface area contributed by atoms with Gasteiger partial charge in [-0.3, -0.25) is 0 Å². The Morgan fingerprint density at radius 3 is 1.71 bits per heavy atom. The van der Waals surface area contributed by atoms with E-state index in [1.54, 1.807) is 0 Å². The van der Waals surface area contributed by atoms with Gasteiger partial charge in [0.25, 0.3) is 0 Å². The SMILES string of the molecule is CCCC1CCCCCCCCCCCCS1.CCCO. The van der Waals surface area contributed by atoms with Gasteiger partial charge in [0.05, 0.1) is 0 Å². The molecule has 128 valence electrons. The molecule has 0 aromatic carbocycles. The molecule has 1 aliphatic heterocycles. The Hall–Kier alpha value is 0.310. The van der Waals surface area contributed by atoms with Gasteiger partial charge in [-0.05, 0) is 31.4 Å². The van der Waals surface area contributed by atoms with Crippen LogP contribution in [0.25, 0.3) is 0 Å². The molecule has 1 fully saturated rings. The average Bonchev–Trinajstić information content (AvgIpc) is 2.51. The molecule has 1 atom stereocenters. The van der Waals surface area contributed by atoms with Crippen molar-refractivity contribution < 1.29 is 5.11 Å². The van der Waals surface area contributed by atoms with Crippen molar-refractivity contribution in [3.63, 3.8) is 0 Å². The Bertz CT molecular complexity index is 168. The van der Waals surface area contributed by atoms with Crippen LogP contribution in [-0.2, 0) is 0 Å². The Labute approximate surface area is 138 Å². The molecule has 1 N–H and O–H groups in total. The minimum absolute atomic E-state index is 0.319. The minimum Gasteiger partial charge on any atom is -0.396 e. The van der Waals surface area contributed by atoms with Crippen molar-refractivity contribution in [2.45, 2.75) is 109 Å². The smallest absolute Gasteiger partial charge is 0.0428 e. The van der Waals surface area contributed by atoms with E-state index in [1.807, 2.05) is 6.92 Å². The van der Waals surface area contributed by atoms with Crippen molar-refractivity contribution >= 4 is 11.8 Å². The molecule has 0 aromatic heterocycles. The van der Waals surface area contributed by atoms with Gasteiger partial charge < -0.3 is 5.11 Å². The number of thioether (sulfide) groups is 1. The molecule has 0 amide bonds. The van der Waals surface area contributed by atoms with Crippen molar-refractivity contribution in [2.24, 2.45) is 0 Å². The molecule has 21 heavy (non-hydrogen) atoms. The number of rotatable bonds is 3. The third-order valence-electron chi connectivity index (χ3n) is 4.11. The van der Waals surface area contributed by atoms with E-state index in [4.69, 9.17) is 5.11 Å². The zero-order chi connectivity index (χ0) is 15.6. The van der Waals surface area contributed by atoms with Crippen LogP contribution < -0.4 is 0 Å². The summed E-state index contributed by atoms with van der Waals surface area (Å²) in [6.45, 7) is 4.59. The van der Waals surface area contributed by atoms with E-state index in [2.05, 4.69) is 18.7 Å². The predicted molar refractivity (Wildman–Crippen MR) is 99.3 cm³/mol. The Balaban J connectivity index is 0.000000885. The summed E-state index contributed by atoms with van der Waals surface area (Å²) in [5, 5.41) is 8.85. The number of aliphatic hydroxyl groups is 1. The second-order valence-electron chi connectivity index (χ2n) is 6.33. The van der Waals surface area contributed by atoms with Gasteiger partial charge in [-0.1, -0.05) is 78.1 Å². The molecule has 1 saturated heterocycles. The van der Waals surface area contributed by atoms with E-state index in [1.165, 1.54) is 89.2 Å². The van der Waals surface area contributed by atoms with E-state index >= 15 is 0 Å². The molecule has 0 aromatic rings. The lowest BCUT2D eigenvalue weighted by atomic mass is 10.0. The summed E-state index contributed by atoms with van der Waals surface area (Å²) in [5.74, 6) is 1.42. The summed E-state index contributed by atoms with van der Waals surface area (Å²) in [6.07, 6.45) is 20.0. The molecular formula is C19H40OS. The fraction of sp³-hybridized carbons (Fsp3) is 1.00. The summed E-state index contributed by atoms with van der Waals surface area (Å²) in [6, 6.07) is 0. The monoisotopic (exact) mass is 316 g/mol. The molecule has 0 aliphatic carbocycles. The van der Waals surface area contributed by atoms with Crippen molar-refractivity contribution in [1.29, 1.82) is 0 Å². The summed E-state index contributed by atoms with van der Waals surface area (Å²) >= 11 is 2.27. The maximum atomic E-state index is 7.88. The summed E-state index contributed by atoms with van der Waals surface area (Å²) in [4.78, 5) is 0. The maximum Gasteiger partial charge on any atom is 0.0428 e. The van der Waals surface area contributed by atoms with Crippen LogP contribution in [-0.4, -0.2) is 22.7 Å². The zero-order valence-electron chi connectivity index (χ0n) is 14.7. The number of hydrogen-bond donors (Lipinski definition) is 1. The van der Waals surface area contributed by atoms with Gasteiger partial charge in [0, 0.05) is 11.9 Å². The predicted octanol–water partition coefficient (Wildman–Crippen LogP) is 6.58. The molecule has 0 radical (unpaired) electrons. The van der Waals surface area contributed by atoms with E-state index in [0.717, 1.165) is 11.7 Å². The summed E-state index contributed by atoms with van der Waals surface area (Å²) < 4.78 is 0.